The van der Waals surface area contributed by atoms with Crippen LogP contribution in [0.15, 0.2) is 22.2 Å². The molecule has 0 bridgehead atoms. The van der Waals surface area contributed by atoms with Crippen LogP contribution >= 0.6 is 11.8 Å². The Balaban J connectivity index is 2.26. The Morgan fingerprint density at radius 3 is 3.12 bits per heavy atom. The SMILES string of the molecule is CCCNCC(C)CSc1nccc(=O)[nH]1. The predicted octanol–water partition coefficient (Wildman–Crippen LogP) is 1.50. The van der Waals surface area contributed by atoms with Gasteiger partial charge in [0.1, 0.15) is 0 Å². The third-order valence-corrected chi connectivity index (χ3v) is 3.29. The Morgan fingerprint density at radius 2 is 2.44 bits per heavy atom. The summed E-state index contributed by atoms with van der Waals surface area (Å²) in [5.74, 6) is 1.53. The lowest BCUT2D eigenvalue weighted by Crippen LogP contribution is -2.23. The quantitative estimate of drug-likeness (QED) is 0.431. The molecule has 1 aromatic heterocycles. The van der Waals surface area contributed by atoms with Gasteiger partial charge >= 0.3 is 0 Å². The summed E-state index contributed by atoms with van der Waals surface area (Å²) < 4.78 is 0. The van der Waals surface area contributed by atoms with E-state index in [2.05, 4.69) is 29.1 Å². The Kier molecular flexibility index (Phi) is 6.18. The van der Waals surface area contributed by atoms with Crippen LogP contribution in [0.3, 0.4) is 0 Å². The Labute approximate surface area is 100 Å². The second kappa shape index (κ2) is 7.46. The van der Waals surface area contributed by atoms with Crippen LogP contribution in [-0.2, 0) is 0 Å². The van der Waals surface area contributed by atoms with E-state index in [1.54, 1.807) is 18.0 Å². The van der Waals surface area contributed by atoms with Gasteiger partial charge in [0.05, 0.1) is 0 Å². The van der Waals surface area contributed by atoms with Crippen LogP contribution in [0.25, 0.3) is 0 Å². The fourth-order valence-electron chi connectivity index (χ4n) is 1.23. The molecule has 16 heavy (non-hydrogen) atoms. The van der Waals surface area contributed by atoms with Gasteiger partial charge in [0.15, 0.2) is 5.16 Å². The summed E-state index contributed by atoms with van der Waals surface area (Å²) in [5, 5.41) is 4.08. The number of aromatic nitrogens is 2. The molecule has 2 N–H and O–H groups in total. The zero-order chi connectivity index (χ0) is 11.8. The minimum Gasteiger partial charge on any atom is -0.316 e. The average molecular weight is 241 g/mol. The molecule has 0 aliphatic carbocycles. The van der Waals surface area contributed by atoms with Gasteiger partial charge in [0, 0.05) is 18.0 Å². The van der Waals surface area contributed by atoms with Gasteiger partial charge in [-0.3, -0.25) is 4.79 Å². The molecule has 0 aliphatic heterocycles. The van der Waals surface area contributed by atoms with Crippen LogP contribution in [0.2, 0.25) is 0 Å². The van der Waals surface area contributed by atoms with Crippen LogP contribution in [0, 0.1) is 5.92 Å². The molecule has 0 saturated carbocycles. The zero-order valence-corrected chi connectivity index (χ0v) is 10.6. The monoisotopic (exact) mass is 241 g/mol. The lowest BCUT2D eigenvalue weighted by atomic mass is 10.2. The Bertz CT molecular complexity index is 353. The molecule has 1 unspecified atom stereocenters. The molecule has 1 aromatic rings. The van der Waals surface area contributed by atoms with Gasteiger partial charge in [-0.1, -0.05) is 25.6 Å². The molecular formula is C11H19N3OS. The predicted molar refractivity (Wildman–Crippen MR) is 67.9 cm³/mol. The first-order valence-corrected chi connectivity index (χ1v) is 6.59. The van der Waals surface area contributed by atoms with Gasteiger partial charge in [-0.15, -0.1) is 0 Å². The van der Waals surface area contributed by atoms with Crippen LogP contribution in [0.5, 0.6) is 0 Å². The summed E-state index contributed by atoms with van der Waals surface area (Å²) in [6.45, 7) is 6.43. The molecular weight excluding hydrogens is 222 g/mol. The molecule has 1 rings (SSSR count). The molecule has 0 aliphatic rings. The standard InChI is InChI=1S/C11H19N3OS/c1-3-5-12-7-9(2)8-16-11-13-6-4-10(15)14-11/h4,6,9,12H,3,5,7-8H2,1-2H3,(H,13,14,15). The first kappa shape index (κ1) is 13.3. The molecule has 0 fully saturated rings. The highest BCUT2D eigenvalue weighted by molar-refractivity contribution is 7.99. The van der Waals surface area contributed by atoms with Gasteiger partial charge < -0.3 is 10.3 Å². The van der Waals surface area contributed by atoms with Gasteiger partial charge in [-0.05, 0) is 25.4 Å². The van der Waals surface area contributed by atoms with E-state index >= 15 is 0 Å². The highest BCUT2D eigenvalue weighted by Gasteiger charge is 2.03. The van der Waals surface area contributed by atoms with Crippen molar-refractivity contribution in [3.05, 3.63) is 22.6 Å². The van der Waals surface area contributed by atoms with E-state index in [1.165, 1.54) is 6.07 Å². The second-order valence-corrected chi connectivity index (χ2v) is 4.87. The normalized spacial score (nSPS) is 12.6. The van der Waals surface area contributed by atoms with E-state index in [4.69, 9.17) is 0 Å². The van der Waals surface area contributed by atoms with Crippen LogP contribution in [-0.4, -0.2) is 28.8 Å². The third-order valence-electron chi connectivity index (χ3n) is 2.07. The van der Waals surface area contributed by atoms with Crippen LogP contribution < -0.4 is 10.9 Å². The van der Waals surface area contributed by atoms with Gasteiger partial charge in [0.2, 0.25) is 0 Å². The maximum absolute atomic E-state index is 11.0. The van der Waals surface area contributed by atoms with Crippen LogP contribution in [0.4, 0.5) is 0 Å². The Morgan fingerprint density at radius 1 is 1.62 bits per heavy atom. The summed E-state index contributed by atoms with van der Waals surface area (Å²) >= 11 is 1.59. The second-order valence-electron chi connectivity index (χ2n) is 3.86. The highest BCUT2D eigenvalue weighted by atomic mass is 32.2. The van der Waals surface area contributed by atoms with E-state index in [1.807, 2.05) is 0 Å². The van der Waals surface area contributed by atoms with Crippen molar-refractivity contribution in [1.82, 2.24) is 15.3 Å². The molecule has 4 nitrogen and oxygen atoms in total. The molecule has 0 radical (unpaired) electrons. The first-order chi connectivity index (χ1) is 7.72. The van der Waals surface area contributed by atoms with Crippen molar-refractivity contribution in [2.24, 2.45) is 5.92 Å². The number of thioether (sulfide) groups is 1. The number of H-pyrrole nitrogens is 1. The van der Waals surface area contributed by atoms with Crippen molar-refractivity contribution >= 4 is 11.8 Å². The summed E-state index contributed by atoms with van der Waals surface area (Å²) in [5.41, 5.74) is -0.0886. The molecule has 1 atom stereocenters. The fourth-order valence-corrected chi connectivity index (χ4v) is 2.10. The maximum Gasteiger partial charge on any atom is 0.251 e. The smallest absolute Gasteiger partial charge is 0.251 e. The van der Waals surface area contributed by atoms with E-state index in [9.17, 15) is 4.79 Å². The minimum atomic E-state index is -0.0886. The summed E-state index contributed by atoms with van der Waals surface area (Å²) in [4.78, 5) is 17.8. The van der Waals surface area contributed by atoms with Crippen molar-refractivity contribution in [2.45, 2.75) is 25.4 Å². The number of hydrogen-bond acceptors (Lipinski definition) is 4. The van der Waals surface area contributed by atoms with Crippen molar-refractivity contribution in [3.63, 3.8) is 0 Å². The summed E-state index contributed by atoms with van der Waals surface area (Å²) in [6, 6.07) is 1.43. The molecule has 1 heterocycles. The van der Waals surface area contributed by atoms with E-state index < -0.39 is 0 Å². The number of hydrogen-bond donors (Lipinski definition) is 2. The summed E-state index contributed by atoms with van der Waals surface area (Å²) in [6.07, 6.45) is 2.70. The first-order valence-electron chi connectivity index (χ1n) is 5.61. The van der Waals surface area contributed by atoms with Crippen LogP contribution in [0.1, 0.15) is 20.3 Å². The molecule has 0 spiro atoms. The summed E-state index contributed by atoms with van der Waals surface area (Å²) in [7, 11) is 0. The largest absolute Gasteiger partial charge is 0.316 e. The lowest BCUT2D eigenvalue weighted by molar-refractivity contribution is 0.556. The third kappa shape index (κ3) is 5.32. The average Bonchev–Trinajstić information content (AvgIpc) is 2.27. The Hall–Kier alpha value is -0.810. The van der Waals surface area contributed by atoms with Crippen molar-refractivity contribution in [1.29, 1.82) is 0 Å². The van der Waals surface area contributed by atoms with Gasteiger partial charge in [-0.25, -0.2) is 4.98 Å². The number of aromatic amines is 1. The molecule has 5 heteroatoms. The molecule has 90 valence electrons. The number of nitrogens with zero attached hydrogens (tertiary/aromatic N) is 1. The number of nitrogens with one attached hydrogen (secondary N) is 2. The maximum atomic E-state index is 11.0. The van der Waals surface area contributed by atoms with Crippen molar-refractivity contribution in [2.75, 3.05) is 18.8 Å². The fraction of sp³-hybridized carbons (Fsp3) is 0.636. The minimum absolute atomic E-state index is 0.0886. The molecule has 0 amide bonds. The van der Waals surface area contributed by atoms with Crippen molar-refractivity contribution in [3.8, 4) is 0 Å². The van der Waals surface area contributed by atoms with Gasteiger partial charge in [0.25, 0.3) is 5.56 Å². The van der Waals surface area contributed by atoms with Crippen molar-refractivity contribution < 1.29 is 0 Å². The molecule has 0 saturated heterocycles. The zero-order valence-electron chi connectivity index (χ0n) is 9.82. The number of rotatable bonds is 7. The van der Waals surface area contributed by atoms with E-state index in [-0.39, 0.29) is 5.56 Å². The topological polar surface area (TPSA) is 57.8 Å². The van der Waals surface area contributed by atoms with E-state index in [0.717, 1.165) is 25.3 Å². The molecule has 0 aromatic carbocycles. The van der Waals surface area contributed by atoms with E-state index in [0.29, 0.717) is 11.1 Å². The van der Waals surface area contributed by atoms with Gasteiger partial charge in [-0.2, -0.15) is 0 Å². The lowest BCUT2D eigenvalue weighted by Gasteiger charge is -2.10. The highest BCUT2D eigenvalue weighted by Crippen LogP contribution is 2.14.